The van der Waals surface area contributed by atoms with Crippen molar-refractivity contribution in [1.29, 1.82) is 0 Å². The summed E-state index contributed by atoms with van der Waals surface area (Å²) in [4.78, 5) is 2.41. The van der Waals surface area contributed by atoms with Crippen LogP contribution >= 0.6 is 0 Å². The largest absolute Gasteiger partial charge is 0.457 e. The van der Waals surface area contributed by atoms with E-state index in [1.54, 1.807) is 0 Å². The van der Waals surface area contributed by atoms with E-state index in [2.05, 4.69) is 216 Å². The predicted octanol–water partition coefficient (Wildman–Crippen LogP) is 15.8. The molecule has 0 saturated heterocycles. The second-order valence-electron chi connectivity index (χ2n) is 16.8. The molecule has 4 nitrogen and oxygen atoms in total. The van der Waals surface area contributed by atoms with E-state index < -0.39 is 5.41 Å². The van der Waals surface area contributed by atoms with E-state index in [4.69, 9.17) is 9.15 Å². The van der Waals surface area contributed by atoms with Gasteiger partial charge in [-0.1, -0.05) is 140 Å². The summed E-state index contributed by atoms with van der Waals surface area (Å²) in [5.74, 6) is 1.74. The number of aromatic nitrogens is 1. The molecule has 4 heteroatoms. The Kier molecular flexibility index (Phi) is 7.01. The van der Waals surface area contributed by atoms with Crippen molar-refractivity contribution in [1.82, 2.24) is 4.57 Å². The van der Waals surface area contributed by atoms with Gasteiger partial charge >= 0.3 is 0 Å². The average molecular weight is 805 g/mol. The summed E-state index contributed by atoms with van der Waals surface area (Å²) >= 11 is 0. The lowest BCUT2D eigenvalue weighted by molar-refractivity contribution is 0.435. The minimum atomic E-state index is -0.678. The lowest BCUT2D eigenvalue weighted by Gasteiger charge is -2.45. The third-order valence-electron chi connectivity index (χ3n) is 13.6. The fourth-order valence-electron chi connectivity index (χ4n) is 11.1. The molecule has 2 aromatic heterocycles. The highest BCUT2D eigenvalue weighted by molar-refractivity contribution is 6.11. The molecule has 2 aliphatic rings. The highest BCUT2D eigenvalue weighted by Crippen LogP contribution is 2.62. The van der Waals surface area contributed by atoms with E-state index in [9.17, 15) is 0 Å². The van der Waals surface area contributed by atoms with Crippen molar-refractivity contribution >= 4 is 71.6 Å². The first-order chi connectivity index (χ1) is 31.2. The molecule has 14 rings (SSSR count). The summed E-state index contributed by atoms with van der Waals surface area (Å²) in [5, 5.41) is 7.13. The maximum absolute atomic E-state index is 6.78. The van der Waals surface area contributed by atoms with Crippen LogP contribution in [0.15, 0.2) is 223 Å². The molecule has 10 aromatic carbocycles. The maximum atomic E-state index is 6.78. The molecule has 0 N–H and O–H groups in total. The van der Waals surface area contributed by atoms with Gasteiger partial charge in [-0.2, -0.15) is 0 Å². The van der Waals surface area contributed by atoms with E-state index in [1.165, 1.54) is 49.3 Å². The van der Waals surface area contributed by atoms with E-state index in [0.717, 1.165) is 72.8 Å². The summed E-state index contributed by atoms with van der Waals surface area (Å²) in [5.41, 5.74) is 14.7. The van der Waals surface area contributed by atoms with Crippen LogP contribution in [-0.2, 0) is 5.41 Å². The number of hydrogen-bond donors (Lipinski definition) is 0. The van der Waals surface area contributed by atoms with Crippen molar-refractivity contribution in [2.45, 2.75) is 5.41 Å². The second-order valence-corrected chi connectivity index (χ2v) is 16.8. The standard InChI is InChI=1S/C59H36N2O2/c1-2-16-38(17-3-1)61-52-24-8-4-18-43(52)44-32-29-40(35-53(44)61)60(41-30-33-46-45-19-5-9-25-54(45)62-57(46)36-41)39-28-31-42-47-20-12-14-37-15-13-23-50(58(37)47)59(51(42)34-39)48-21-6-10-26-55(48)63-56-27-11-7-22-49(56)59/h1-36H. The SMILES string of the molecule is c1ccc(-n2c3ccccc3c3ccc(N(c4ccc5c(c4)C4(c6ccccc6Oc6ccccc64)c4cccc6cccc-5c46)c4ccc5c(c4)oc4ccccc45)cc32)cc1. The van der Waals surface area contributed by atoms with Gasteiger partial charge in [-0.15, -0.1) is 0 Å². The molecule has 0 fully saturated rings. The topological polar surface area (TPSA) is 30.5 Å². The molecule has 0 amide bonds. The fourth-order valence-corrected chi connectivity index (χ4v) is 11.1. The molecule has 12 aromatic rings. The average Bonchev–Trinajstić information content (AvgIpc) is 3.88. The van der Waals surface area contributed by atoms with Gasteiger partial charge in [0.2, 0.25) is 0 Å². The summed E-state index contributed by atoms with van der Waals surface area (Å²) in [7, 11) is 0. The number of rotatable bonds is 4. The molecule has 0 saturated carbocycles. The molecule has 0 radical (unpaired) electrons. The van der Waals surface area contributed by atoms with Crippen LogP contribution in [-0.4, -0.2) is 4.57 Å². The molecule has 294 valence electrons. The molecular formula is C59H36N2O2. The molecule has 0 atom stereocenters. The number of anilines is 3. The molecule has 63 heavy (non-hydrogen) atoms. The molecule has 0 bridgehead atoms. The van der Waals surface area contributed by atoms with Crippen molar-refractivity contribution in [3.8, 4) is 28.3 Å². The van der Waals surface area contributed by atoms with E-state index in [-0.39, 0.29) is 0 Å². The Hall–Kier alpha value is -8.34. The highest BCUT2D eigenvalue weighted by Gasteiger charge is 2.49. The van der Waals surface area contributed by atoms with Crippen LogP contribution in [0.4, 0.5) is 17.1 Å². The smallest absolute Gasteiger partial charge is 0.137 e. The Balaban J connectivity index is 1.09. The first kappa shape index (κ1) is 34.4. The van der Waals surface area contributed by atoms with Gasteiger partial charge < -0.3 is 18.6 Å². The van der Waals surface area contributed by atoms with Gasteiger partial charge in [-0.25, -0.2) is 0 Å². The lowest BCUT2D eigenvalue weighted by Crippen LogP contribution is -2.36. The number of benzene rings is 10. The Morgan fingerprint density at radius 1 is 0.381 bits per heavy atom. The van der Waals surface area contributed by atoms with Gasteiger partial charge in [0.15, 0.2) is 0 Å². The number of nitrogens with zero attached hydrogens (tertiary/aromatic N) is 2. The van der Waals surface area contributed by atoms with Crippen molar-refractivity contribution in [3.63, 3.8) is 0 Å². The van der Waals surface area contributed by atoms with E-state index >= 15 is 0 Å². The molecular weight excluding hydrogens is 769 g/mol. The summed E-state index contributed by atoms with van der Waals surface area (Å²) in [6.45, 7) is 0. The van der Waals surface area contributed by atoms with Crippen LogP contribution in [0, 0.1) is 0 Å². The Morgan fingerprint density at radius 2 is 0.984 bits per heavy atom. The van der Waals surface area contributed by atoms with Crippen LogP contribution in [0.5, 0.6) is 11.5 Å². The molecule has 3 heterocycles. The second kappa shape index (κ2) is 12.8. The van der Waals surface area contributed by atoms with Crippen LogP contribution in [0.1, 0.15) is 22.3 Å². The first-order valence-corrected chi connectivity index (χ1v) is 21.6. The van der Waals surface area contributed by atoms with Crippen LogP contribution < -0.4 is 9.64 Å². The summed E-state index contributed by atoms with van der Waals surface area (Å²) in [6.07, 6.45) is 0. The van der Waals surface area contributed by atoms with Gasteiger partial charge in [-0.3, -0.25) is 0 Å². The van der Waals surface area contributed by atoms with Crippen LogP contribution in [0.3, 0.4) is 0 Å². The molecule has 1 spiro atoms. The monoisotopic (exact) mass is 804 g/mol. The normalized spacial score (nSPS) is 13.3. The zero-order valence-corrected chi connectivity index (χ0v) is 34.0. The van der Waals surface area contributed by atoms with Crippen molar-refractivity contribution in [2.24, 2.45) is 0 Å². The zero-order valence-electron chi connectivity index (χ0n) is 34.0. The number of furan rings is 1. The zero-order chi connectivity index (χ0) is 41.2. The van der Waals surface area contributed by atoms with E-state index in [0.29, 0.717) is 0 Å². The van der Waals surface area contributed by atoms with Gasteiger partial charge in [-0.05, 0) is 106 Å². The van der Waals surface area contributed by atoms with Crippen molar-refractivity contribution in [3.05, 3.63) is 241 Å². The predicted molar refractivity (Wildman–Crippen MR) is 258 cm³/mol. The Bertz CT molecular complexity index is 3810. The van der Waals surface area contributed by atoms with Crippen LogP contribution in [0.25, 0.3) is 71.3 Å². The third kappa shape index (κ3) is 4.69. The maximum Gasteiger partial charge on any atom is 0.137 e. The molecule has 1 aliphatic carbocycles. The molecule has 1 aliphatic heterocycles. The summed E-state index contributed by atoms with van der Waals surface area (Å²) in [6, 6.07) is 79.1. The van der Waals surface area contributed by atoms with E-state index in [1.807, 2.05) is 12.1 Å². The fraction of sp³-hybridized carbons (Fsp3) is 0.0169. The quantitative estimate of drug-likeness (QED) is 0.178. The Morgan fingerprint density at radius 3 is 1.81 bits per heavy atom. The number of hydrogen-bond acceptors (Lipinski definition) is 3. The Labute approximate surface area is 363 Å². The van der Waals surface area contributed by atoms with Crippen LogP contribution in [0.2, 0.25) is 0 Å². The lowest BCUT2D eigenvalue weighted by atomic mass is 9.58. The number of para-hydroxylation sites is 5. The third-order valence-corrected chi connectivity index (χ3v) is 13.6. The highest BCUT2D eigenvalue weighted by atomic mass is 16.5. The minimum absolute atomic E-state index is 0.678. The number of ether oxygens (including phenoxy) is 1. The van der Waals surface area contributed by atoms with Gasteiger partial charge in [0.25, 0.3) is 0 Å². The van der Waals surface area contributed by atoms with Gasteiger partial charge in [0.1, 0.15) is 22.7 Å². The number of fused-ring (bicyclic) bond motifs is 14. The van der Waals surface area contributed by atoms with Gasteiger partial charge in [0, 0.05) is 61.5 Å². The molecule has 0 unspecified atom stereocenters. The van der Waals surface area contributed by atoms with Crippen molar-refractivity contribution in [2.75, 3.05) is 4.90 Å². The summed E-state index contributed by atoms with van der Waals surface area (Å²) < 4.78 is 15.8. The van der Waals surface area contributed by atoms with Crippen molar-refractivity contribution < 1.29 is 9.15 Å². The first-order valence-electron chi connectivity index (χ1n) is 21.6. The van der Waals surface area contributed by atoms with Gasteiger partial charge in [0.05, 0.1) is 16.4 Å². The minimum Gasteiger partial charge on any atom is -0.457 e.